The first-order valence-corrected chi connectivity index (χ1v) is 4.58. The summed E-state index contributed by atoms with van der Waals surface area (Å²) in [7, 11) is 1.94. The summed E-state index contributed by atoms with van der Waals surface area (Å²) in [6, 6.07) is 0. The van der Waals surface area contributed by atoms with E-state index in [-0.39, 0.29) is 0 Å². The van der Waals surface area contributed by atoms with Crippen LogP contribution < -0.4 is 10.6 Å². The fourth-order valence-corrected chi connectivity index (χ4v) is 1.38. The Morgan fingerprint density at radius 2 is 2.42 bits per heavy atom. The third-order valence-corrected chi connectivity index (χ3v) is 2.15. The number of rotatable bonds is 1. The van der Waals surface area contributed by atoms with Crippen LogP contribution in [0.1, 0.15) is 19.8 Å². The van der Waals surface area contributed by atoms with Crippen LogP contribution in [0.25, 0.3) is 0 Å². The molecule has 0 radical (unpaired) electrons. The molecule has 0 saturated heterocycles. The molecule has 0 spiro atoms. The van der Waals surface area contributed by atoms with Crippen molar-refractivity contribution in [3.63, 3.8) is 0 Å². The normalized spacial score (nSPS) is 27.2. The first-order chi connectivity index (χ1) is 5.84. The highest BCUT2D eigenvalue weighted by molar-refractivity contribution is 5.30. The predicted octanol–water partition coefficient (Wildman–Crippen LogP) is 1.42. The van der Waals surface area contributed by atoms with Crippen molar-refractivity contribution in [2.45, 2.75) is 19.8 Å². The third kappa shape index (κ3) is 2.70. The smallest absolute Gasteiger partial charge is 0.0222 e. The van der Waals surface area contributed by atoms with E-state index in [1.807, 2.05) is 7.05 Å². The van der Waals surface area contributed by atoms with Crippen LogP contribution in [-0.4, -0.2) is 20.1 Å². The van der Waals surface area contributed by atoms with Gasteiger partial charge < -0.3 is 10.6 Å². The van der Waals surface area contributed by atoms with Gasteiger partial charge in [0.2, 0.25) is 0 Å². The molecule has 0 unspecified atom stereocenters. The molecule has 1 aliphatic rings. The molecular formula is C10H18N2. The van der Waals surface area contributed by atoms with Crippen LogP contribution in [0.15, 0.2) is 23.4 Å². The van der Waals surface area contributed by atoms with Crippen LogP contribution in [0.5, 0.6) is 0 Å². The lowest BCUT2D eigenvalue weighted by Gasteiger charge is -2.13. The van der Waals surface area contributed by atoms with Gasteiger partial charge in [-0.2, -0.15) is 0 Å². The van der Waals surface area contributed by atoms with E-state index in [9.17, 15) is 0 Å². The zero-order valence-electron chi connectivity index (χ0n) is 7.98. The Hall–Kier alpha value is -0.760. The van der Waals surface area contributed by atoms with Crippen molar-refractivity contribution in [2.75, 3.05) is 20.1 Å². The SMILES string of the molecule is CN/C=C1CNCCC/C=C\1C. The van der Waals surface area contributed by atoms with E-state index >= 15 is 0 Å². The summed E-state index contributed by atoms with van der Waals surface area (Å²) in [6.45, 7) is 4.30. The van der Waals surface area contributed by atoms with Crippen molar-refractivity contribution >= 4 is 0 Å². The Bertz CT molecular complexity index is 192. The van der Waals surface area contributed by atoms with Gasteiger partial charge in [-0.25, -0.2) is 0 Å². The summed E-state index contributed by atoms with van der Waals surface area (Å²) >= 11 is 0. The molecule has 2 N–H and O–H groups in total. The van der Waals surface area contributed by atoms with Gasteiger partial charge in [-0.3, -0.25) is 0 Å². The summed E-state index contributed by atoms with van der Waals surface area (Å²) in [5, 5.41) is 6.48. The molecule has 0 bridgehead atoms. The van der Waals surface area contributed by atoms with Crippen LogP contribution in [0.2, 0.25) is 0 Å². The minimum Gasteiger partial charge on any atom is -0.394 e. The molecule has 0 aliphatic carbocycles. The van der Waals surface area contributed by atoms with Crippen LogP contribution in [0.4, 0.5) is 0 Å². The fraction of sp³-hybridized carbons (Fsp3) is 0.600. The summed E-state index contributed by atoms with van der Waals surface area (Å²) < 4.78 is 0. The number of allylic oxidation sites excluding steroid dienone is 1. The van der Waals surface area contributed by atoms with Gasteiger partial charge in [0.05, 0.1) is 0 Å². The van der Waals surface area contributed by atoms with E-state index in [1.165, 1.54) is 24.0 Å². The van der Waals surface area contributed by atoms with Crippen molar-refractivity contribution in [3.05, 3.63) is 23.4 Å². The molecule has 2 heteroatoms. The molecule has 0 atom stereocenters. The van der Waals surface area contributed by atoms with Crippen LogP contribution >= 0.6 is 0 Å². The lowest BCUT2D eigenvalue weighted by atomic mass is 10.1. The molecule has 1 heterocycles. The van der Waals surface area contributed by atoms with Crippen molar-refractivity contribution < 1.29 is 0 Å². The Balaban J connectivity index is 2.66. The molecule has 1 rings (SSSR count). The van der Waals surface area contributed by atoms with Gasteiger partial charge in [-0.1, -0.05) is 6.08 Å². The Morgan fingerprint density at radius 1 is 1.58 bits per heavy atom. The van der Waals surface area contributed by atoms with Gasteiger partial charge in [0, 0.05) is 19.8 Å². The summed E-state index contributed by atoms with van der Waals surface area (Å²) in [4.78, 5) is 0. The Kier molecular flexibility index (Phi) is 3.88. The fourth-order valence-electron chi connectivity index (χ4n) is 1.38. The summed E-state index contributed by atoms with van der Waals surface area (Å²) in [6.07, 6.45) is 6.85. The third-order valence-electron chi connectivity index (χ3n) is 2.15. The molecule has 0 amide bonds. The minimum absolute atomic E-state index is 0.989. The van der Waals surface area contributed by atoms with E-state index in [2.05, 4.69) is 29.8 Å². The van der Waals surface area contributed by atoms with Gasteiger partial charge in [0.1, 0.15) is 0 Å². The zero-order valence-corrected chi connectivity index (χ0v) is 7.98. The summed E-state index contributed by atoms with van der Waals surface area (Å²) in [5.74, 6) is 0. The first-order valence-electron chi connectivity index (χ1n) is 4.58. The van der Waals surface area contributed by atoms with Gasteiger partial charge in [-0.15, -0.1) is 0 Å². The molecule has 0 aromatic rings. The molecule has 12 heavy (non-hydrogen) atoms. The molecule has 68 valence electrons. The van der Waals surface area contributed by atoms with Crippen LogP contribution in [0, 0.1) is 0 Å². The topological polar surface area (TPSA) is 24.1 Å². The Morgan fingerprint density at radius 3 is 3.17 bits per heavy atom. The largest absolute Gasteiger partial charge is 0.394 e. The average molecular weight is 166 g/mol. The molecular weight excluding hydrogens is 148 g/mol. The second-order valence-electron chi connectivity index (χ2n) is 3.16. The highest BCUT2D eigenvalue weighted by Crippen LogP contribution is 2.11. The lowest BCUT2D eigenvalue weighted by molar-refractivity contribution is 0.675. The average Bonchev–Trinajstić information content (AvgIpc) is 2.05. The van der Waals surface area contributed by atoms with Gasteiger partial charge in [-0.05, 0) is 37.5 Å². The van der Waals surface area contributed by atoms with Crippen molar-refractivity contribution in [1.82, 2.24) is 10.6 Å². The van der Waals surface area contributed by atoms with Crippen molar-refractivity contribution in [1.29, 1.82) is 0 Å². The molecule has 0 fully saturated rings. The predicted molar refractivity (Wildman–Crippen MR) is 53.0 cm³/mol. The number of nitrogens with one attached hydrogen (secondary N) is 2. The van der Waals surface area contributed by atoms with Crippen LogP contribution in [-0.2, 0) is 0 Å². The standard InChI is InChI=1S/C10H18N2/c1-9-5-3-4-6-12-8-10(9)7-11-2/h5,7,11-12H,3-4,6,8H2,1-2H3/b9-5-,10-7+. The summed E-state index contributed by atoms with van der Waals surface area (Å²) in [5.41, 5.74) is 2.77. The highest BCUT2D eigenvalue weighted by atomic mass is 14.9. The van der Waals surface area contributed by atoms with E-state index < -0.39 is 0 Å². The van der Waals surface area contributed by atoms with Gasteiger partial charge in [0.25, 0.3) is 0 Å². The minimum atomic E-state index is 0.989. The zero-order chi connectivity index (χ0) is 8.81. The van der Waals surface area contributed by atoms with E-state index in [1.54, 1.807) is 0 Å². The number of hydrogen-bond donors (Lipinski definition) is 2. The molecule has 2 nitrogen and oxygen atoms in total. The van der Waals surface area contributed by atoms with Gasteiger partial charge >= 0.3 is 0 Å². The molecule has 1 aliphatic heterocycles. The van der Waals surface area contributed by atoms with E-state index in [4.69, 9.17) is 0 Å². The maximum Gasteiger partial charge on any atom is 0.0222 e. The maximum atomic E-state index is 3.40. The molecule has 0 aromatic heterocycles. The quantitative estimate of drug-likeness (QED) is 0.615. The number of hydrogen-bond acceptors (Lipinski definition) is 2. The highest BCUT2D eigenvalue weighted by Gasteiger charge is 2.01. The van der Waals surface area contributed by atoms with Crippen molar-refractivity contribution in [2.24, 2.45) is 0 Å². The first kappa shape index (κ1) is 9.33. The molecule has 0 saturated carbocycles. The molecule has 0 aromatic carbocycles. The second-order valence-corrected chi connectivity index (χ2v) is 3.16. The van der Waals surface area contributed by atoms with E-state index in [0.29, 0.717) is 0 Å². The Labute approximate surface area is 74.7 Å². The van der Waals surface area contributed by atoms with Crippen molar-refractivity contribution in [3.8, 4) is 0 Å². The van der Waals surface area contributed by atoms with Crippen LogP contribution in [0.3, 0.4) is 0 Å². The monoisotopic (exact) mass is 166 g/mol. The van der Waals surface area contributed by atoms with Gasteiger partial charge in [0.15, 0.2) is 0 Å². The lowest BCUT2D eigenvalue weighted by Crippen LogP contribution is -2.21. The van der Waals surface area contributed by atoms with E-state index in [0.717, 1.165) is 13.1 Å². The maximum absolute atomic E-state index is 3.40. The second kappa shape index (κ2) is 4.99.